The number of ether oxygens (including phenoxy) is 1. The Hall–Kier alpha value is -1.33. The molecule has 1 unspecified atom stereocenters. The van der Waals surface area contributed by atoms with E-state index in [0.29, 0.717) is 6.61 Å². The number of aromatic nitrogens is 2. The predicted octanol–water partition coefficient (Wildman–Crippen LogP) is 3.81. The van der Waals surface area contributed by atoms with Crippen molar-refractivity contribution >= 4 is 21.6 Å². The lowest BCUT2D eigenvalue weighted by Gasteiger charge is -2.18. The molecular formula is C15H20BrN3O. The molecule has 0 amide bonds. The van der Waals surface area contributed by atoms with Gasteiger partial charge in [0.05, 0.1) is 18.3 Å². The van der Waals surface area contributed by atoms with Crippen LogP contribution in [0.15, 0.2) is 28.9 Å². The first-order valence-corrected chi connectivity index (χ1v) is 7.35. The van der Waals surface area contributed by atoms with E-state index in [2.05, 4.69) is 45.5 Å². The number of hydrogen-bond acceptors (Lipinski definition) is 3. The minimum atomic E-state index is 0.189. The predicted molar refractivity (Wildman–Crippen MR) is 84.8 cm³/mol. The van der Waals surface area contributed by atoms with Gasteiger partial charge in [0.25, 0.3) is 0 Å². The van der Waals surface area contributed by atoms with E-state index >= 15 is 0 Å². The van der Waals surface area contributed by atoms with Crippen molar-refractivity contribution < 1.29 is 4.74 Å². The molecule has 1 aromatic heterocycles. The highest BCUT2D eigenvalue weighted by Crippen LogP contribution is 2.29. The Morgan fingerprint density at radius 2 is 2.20 bits per heavy atom. The van der Waals surface area contributed by atoms with Gasteiger partial charge >= 0.3 is 0 Å². The van der Waals surface area contributed by atoms with Gasteiger partial charge in [-0.1, -0.05) is 22.0 Å². The maximum Gasteiger partial charge on any atom is 0.0744 e. The van der Waals surface area contributed by atoms with Gasteiger partial charge in [0, 0.05) is 41.6 Å². The number of benzene rings is 1. The summed E-state index contributed by atoms with van der Waals surface area (Å²) in [5.74, 6) is 0. The highest BCUT2D eigenvalue weighted by atomic mass is 79.9. The molecule has 0 aliphatic rings. The second-order valence-electron chi connectivity index (χ2n) is 4.91. The lowest BCUT2D eigenvalue weighted by Crippen LogP contribution is -2.09. The average molecular weight is 338 g/mol. The first-order chi connectivity index (χ1) is 9.52. The van der Waals surface area contributed by atoms with Gasteiger partial charge in [-0.2, -0.15) is 5.10 Å². The van der Waals surface area contributed by atoms with Crippen molar-refractivity contribution in [1.82, 2.24) is 9.78 Å². The largest absolute Gasteiger partial charge is 0.380 e. The van der Waals surface area contributed by atoms with Crippen molar-refractivity contribution in [2.24, 2.45) is 7.05 Å². The average Bonchev–Trinajstić information content (AvgIpc) is 2.73. The summed E-state index contributed by atoms with van der Waals surface area (Å²) < 4.78 is 8.18. The Kier molecular flexibility index (Phi) is 4.83. The van der Waals surface area contributed by atoms with Crippen LogP contribution >= 0.6 is 15.9 Å². The zero-order valence-electron chi connectivity index (χ0n) is 12.3. The molecule has 1 atom stereocenters. The second-order valence-corrected chi connectivity index (χ2v) is 5.76. The molecule has 0 spiro atoms. The lowest BCUT2D eigenvalue weighted by molar-refractivity contribution is 0.185. The fourth-order valence-electron chi connectivity index (χ4n) is 2.34. The molecule has 0 saturated heterocycles. The third-order valence-electron chi connectivity index (χ3n) is 3.30. The van der Waals surface area contributed by atoms with Gasteiger partial charge in [0.1, 0.15) is 0 Å². The summed E-state index contributed by atoms with van der Waals surface area (Å²) in [6.45, 7) is 4.74. The normalized spacial score (nSPS) is 12.4. The number of aryl methyl sites for hydroxylation is 2. The van der Waals surface area contributed by atoms with Gasteiger partial charge in [0.15, 0.2) is 0 Å². The highest BCUT2D eigenvalue weighted by Gasteiger charge is 2.14. The molecular weight excluding hydrogens is 318 g/mol. The molecule has 1 N–H and O–H groups in total. The summed E-state index contributed by atoms with van der Waals surface area (Å²) in [6, 6.07) is 6.31. The van der Waals surface area contributed by atoms with Crippen LogP contribution in [0.25, 0.3) is 0 Å². The zero-order chi connectivity index (χ0) is 14.7. The molecule has 108 valence electrons. The molecule has 0 fully saturated rings. The second kappa shape index (κ2) is 6.41. The summed E-state index contributed by atoms with van der Waals surface area (Å²) in [7, 11) is 3.65. The third-order valence-corrected chi connectivity index (χ3v) is 4.04. The number of halogens is 1. The Labute approximate surface area is 128 Å². The van der Waals surface area contributed by atoms with E-state index < -0.39 is 0 Å². The van der Waals surface area contributed by atoms with Gasteiger partial charge < -0.3 is 10.1 Å². The summed E-state index contributed by atoms with van der Waals surface area (Å²) in [5.41, 5.74) is 4.46. The number of methoxy groups -OCH3 is 1. The third kappa shape index (κ3) is 3.22. The number of rotatable bonds is 5. The Morgan fingerprint density at radius 3 is 2.80 bits per heavy atom. The Bertz CT molecular complexity index is 595. The smallest absolute Gasteiger partial charge is 0.0744 e. The molecule has 0 saturated carbocycles. The molecule has 1 heterocycles. The van der Waals surface area contributed by atoms with Crippen molar-refractivity contribution in [3.63, 3.8) is 0 Å². The van der Waals surface area contributed by atoms with Gasteiger partial charge in [0.2, 0.25) is 0 Å². The van der Waals surface area contributed by atoms with Crippen LogP contribution in [0.4, 0.5) is 5.69 Å². The fraction of sp³-hybridized carbons (Fsp3) is 0.400. The molecule has 4 nitrogen and oxygen atoms in total. The minimum Gasteiger partial charge on any atom is -0.380 e. The quantitative estimate of drug-likeness (QED) is 0.901. The topological polar surface area (TPSA) is 39.1 Å². The standard InChI is InChI=1S/C15H20BrN3O/c1-10(12-8-19(3)18-11(12)2)17-15-7-5-6-14(16)13(15)9-20-4/h5-8,10,17H,9H2,1-4H3. The van der Waals surface area contributed by atoms with Gasteiger partial charge in [-0.05, 0) is 26.0 Å². The van der Waals surface area contributed by atoms with Gasteiger partial charge in [-0.15, -0.1) is 0 Å². The summed E-state index contributed by atoms with van der Waals surface area (Å²) >= 11 is 3.58. The van der Waals surface area contributed by atoms with Crippen molar-refractivity contribution in [2.75, 3.05) is 12.4 Å². The van der Waals surface area contributed by atoms with E-state index in [1.807, 2.05) is 30.8 Å². The Morgan fingerprint density at radius 1 is 1.45 bits per heavy atom. The van der Waals surface area contributed by atoms with Gasteiger partial charge in [-0.25, -0.2) is 0 Å². The van der Waals surface area contributed by atoms with Crippen LogP contribution in [0.2, 0.25) is 0 Å². The molecule has 0 aliphatic heterocycles. The minimum absolute atomic E-state index is 0.189. The first-order valence-electron chi connectivity index (χ1n) is 6.56. The van der Waals surface area contributed by atoms with E-state index in [0.717, 1.165) is 21.4 Å². The van der Waals surface area contributed by atoms with E-state index in [-0.39, 0.29) is 6.04 Å². The number of nitrogens with zero attached hydrogens (tertiary/aromatic N) is 2. The van der Waals surface area contributed by atoms with Crippen LogP contribution in [-0.4, -0.2) is 16.9 Å². The van der Waals surface area contributed by atoms with E-state index in [4.69, 9.17) is 4.74 Å². The van der Waals surface area contributed by atoms with Crippen LogP contribution in [0.1, 0.15) is 29.8 Å². The monoisotopic (exact) mass is 337 g/mol. The Balaban J connectivity index is 2.25. The highest BCUT2D eigenvalue weighted by molar-refractivity contribution is 9.10. The molecule has 0 aliphatic carbocycles. The summed E-state index contributed by atoms with van der Waals surface area (Å²) in [6.07, 6.45) is 2.06. The summed E-state index contributed by atoms with van der Waals surface area (Å²) in [4.78, 5) is 0. The molecule has 0 bridgehead atoms. The van der Waals surface area contributed by atoms with E-state index in [1.165, 1.54) is 5.56 Å². The first kappa shape index (κ1) is 15.1. The van der Waals surface area contributed by atoms with E-state index in [1.54, 1.807) is 7.11 Å². The van der Waals surface area contributed by atoms with Crippen LogP contribution in [-0.2, 0) is 18.4 Å². The van der Waals surface area contributed by atoms with Crippen molar-refractivity contribution in [3.8, 4) is 0 Å². The lowest BCUT2D eigenvalue weighted by atomic mass is 10.1. The van der Waals surface area contributed by atoms with Crippen molar-refractivity contribution in [1.29, 1.82) is 0 Å². The molecule has 5 heteroatoms. The number of hydrogen-bond donors (Lipinski definition) is 1. The molecule has 0 radical (unpaired) electrons. The van der Waals surface area contributed by atoms with E-state index in [9.17, 15) is 0 Å². The fourth-order valence-corrected chi connectivity index (χ4v) is 2.82. The van der Waals surface area contributed by atoms with Crippen LogP contribution in [0, 0.1) is 6.92 Å². The zero-order valence-corrected chi connectivity index (χ0v) is 13.9. The molecule has 1 aromatic carbocycles. The number of nitrogens with one attached hydrogen (secondary N) is 1. The van der Waals surface area contributed by atoms with Crippen LogP contribution < -0.4 is 5.32 Å². The molecule has 20 heavy (non-hydrogen) atoms. The maximum atomic E-state index is 5.28. The SMILES string of the molecule is COCc1c(Br)cccc1NC(C)c1cn(C)nc1C. The van der Waals surface area contributed by atoms with Crippen LogP contribution in [0.3, 0.4) is 0 Å². The molecule has 2 rings (SSSR count). The van der Waals surface area contributed by atoms with Crippen molar-refractivity contribution in [3.05, 3.63) is 45.7 Å². The number of anilines is 1. The van der Waals surface area contributed by atoms with Gasteiger partial charge in [-0.3, -0.25) is 4.68 Å². The van der Waals surface area contributed by atoms with Crippen LogP contribution in [0.5, 0.6) is 0 Å². The molecule has 2 aromatic rings. The summed E-state index contributed by atoms with van der Waals surface area (Å²) in [5, 5.41) is 7.94. The maximum absolute atomic E-state index is 5.28. The van der Waals surface area contributed by atoms with Crippen molar-refractivity contribution in [2.45, 2.75) is 26.5 Å².